The van der Waals surface area contributed by atoms with Gasteiger partial charge in [0.25, 0.3) is 0 Å². The van der Waals surface area contributed by atoms with Crippen LogP contribution in [0.15, 0.2) is 18.2 Å². The topological polar surface area (TPSA) is 58.4 Å². The smallest absolute Gasteiger partial charge is 0.236 e. The number of rotatable bonds is 7. The highest BCUT2D eigenvalue weighted by atomic mass is 16.1. The fourth-order valence-corrected chi connectivity index (χ4v) is 2.11. The zero-order valence-corrected chi connectivity index (χ0v) is 13.2. The van der Waals surface area contributed by atoms with Gasteiger partial charge in [-0.2, -0.15) is 0 Å². The van der Waals surface area contributed by atoms with Crippen LogP contribution in [0.3, 0.4) is 0 Å². The normalized spacial score (nSPS) is 11.2. The molecule has 0 unspecified atom stereocenters. The molecule has 0 aliphatic heterocycles. The van der Waals surface area contributed by atoms with Crippen LogP contribution in [0, 0.1) is 6.92 Å². The third-order valence-electron chi connectivity index (χ3n) is 3.31. The number of anilines is 1. The highest BCUT2D eigenvalue weighted by Gasteiger charge is 2.14. The van der Waals surface area contributed by atoms with Crippen LogP contribution in [0.5, 0.6) is 0 Å². The Morgan fingerprint density at radius 2 is 1.95 bits per heavy atom. The van der Waals surface area contributed by atoms with E-state index in [4.69, 9.17) is 5.73 Å². The molecule has 112 valence electrons. The van der Waals surface area contributed by atoms with Gasteiger partial charge in [0.1, 0.15) is 0 Å². The maximum absolute atomic E-state index is 11.2. The van der Waals surface area contributed by atoms with Crippen molar-refractivity contribution in [2.45, 2.75) is 53.2 Å². The molecular weight excluding hydrogens is 250 g/mol. The van der Waals surface area contributed by atoms with Gasteiger partial charge in [0, 0.05) is 24.3 Å². The molecule has 1 aromatic carbocycles. The van der Waals surface area contributed by atoms with Crippen molar-refractivity contribution in [1.29, 1.82) is 0 Å². The predicted molar refractivity (Wildman–Crippen MR) is 84.8 cm³/mol. The van der Waals surface area contributed by atoms with Gasteiger partial charge in [-0.05, 0) is 44.0 Å². The van der Waals surface area contributed by atoms with Gasteiger partial charge in [0.2, 0.25) is 5.91 Å². The maximum Gasteiger partial charge on any atom is 0.236 e. The van der Waals surface area contributed by atoms with Crippen molar-refractivity contribution in [3.05, 3.63) is 29.3 Å². The third kappa shape index (κ3) is 4.85. The number of nitrogens with one attached hydrogen (secondary N) is 1. The first-order valence-electron chi connectivity index (χ1n) is 7.19. The quantitative estimate of drug-likeness (QED) is 0.803. The minimum atomic E-state index is -0.304. The number of carbonyl (C=O) groups excluding carboxylic acids is 1. The molecule has 0 radical (unpaired) electrons. The summed E-state index contributed by atoms with van der Waals surface area (Å²) in [6.45, 7) is 11.6. The zero-order chi connectivity index (χ0) is 15.3. The van der Waals surface area contributed by atoms with E-state index >= 15 is 0 Å². The second-order valence-corrected chi connectivity index (χ2v) is 5.83. The number of carbonyl (C=O) groups is 1. The summed E-state index contributed by atoms with van der Waals surface area (Å²) in [5, 5.41) is 3.42. The molecule has 0 fully saturated rings. The number of nitrogens with two attached hydrogens (primary N) is 1. The van der Waals surface area contributed by atoms with Gasteiger partial charge in [-0.25, -0.2) is 0 Å². The summed E-state index contributed by atoms with van der Waals surface area (Å²) in [5.41, 5.74) is 8.88. The number of hydrogen-bond acceptors (Lipinski definition) is 3. The summed E-state index contributed by atoms with van der Waals surface area (Å²) in [5.74, 6) is -0.304. The molecule has 3 N–H and O–H groups in total. The molecule has 1 rings (SSSR count). The molecule has 0 bridgehead atoms. The lowest BCUT2D eigenvalue weighted by Gasteiger charge is -2.28. The minimum absolute atomic E-state index is 0.238. The third-order valence-corrected chi connectivity index (χ3v) is 3.31. The van der Waals surface area contributed by atoms with Crippen LogP contribution in [0.1, 0.15) is 38.8 Å². The van der Waals surface area contributed by atoms with E-state index in [2.05, 4.69) is 58.1 Å². The molecule has 20 heavy (non-hydrogen) atoms. The molecule has 1 aromatic rings. The largest absolute Gasteiger partial charge is 0.368 e. The first-order chi connectivity index (χ1) is 9.31. The summed E-state index contributed by atoms with van der Waals surface area (Å²) >= 11 is 0. The van der Waals surface area contributed by atoms with Crippen molar-refractivity contribution in [3.8, 4) is 0 Å². The summed E-state index contributed by atoms with van der Waals surface area (Å²) in [7, 11) is 0. The second-order valence-electron chi connectivity index (χ2n) is 5.83. The van der Waals surface area contributed by atoms with E-state index < -0.39 is 0 Å². The average Bonchev–Trinajstić information content (AvgIpc) is 2.33. The molecule has 0 aliphatic rings. The van der Waals surface area contributed by atoms with Crippen molar-refractivity contribution in [2.75, 3.05) is 11.4 Å². The van der Waals surface area contributed by atoms with E-state index in [0.717, 1.165) is 12.2 Å². The van der Waals surface area contributed by atoms with Crippen LogP contribution in [-0.2, 0) is 11.3 Å². The molecule has 0 aromatic heterocycles. The average molecular weight is 277 g/mol. The fraction of sp³-hybridized carbons (Fsp3) is 0.562. The standard InChI is InChI=1S/C16H27N3O/c1-11(2)18-9-14-6-7-15(8-13(14)5)19(12(3)4)10-16(17)20/h6-8,11-12,18H,9-10H2,1-5H3,(H2,17,20). The second kappa shape index (κ2) is 7.29. The Bertz CT molecular complexity index is 455. The van der Waals surface area contributed by atoms with Crippen LogP contribution < -0.4 is 16.0 Å². The number of amides is 1. The van der Waals surface area contributed by atoms with Crippen molar-refractivity contribution in [3.63, 3.8) is 0 Å². The molecule has 0 saturated heterocycles. The summed E-state index contributed by atoms with van der Waals surface area (Å²) in [6, 6.07) is 7.02. The van der Waals surface area contributed by atoms with Crippen molar-refractivity contribution < 1.29 is 4.79 Å². The van der Waals surface area contributed by atoms with Crippen LogP contribution in [0.4, 0.5) is 5.69 Å². The Morgan fingerprint density at radius 1 is 1.30 bits per heavy atom. The van der Waals surface area contributed by atoms with E-state index in [0.29, 0.717) is 6.04 Å². The minimum Gasteiger partial charge on any atom is -0.368 e. The highest BCUT2D eigenvalue weighted by Crippen LogP contribution is 2.21. The summed E-state index contributed by atoms with van der Waals surface area (Å²) in [6.07, 6.45) is 0. The highest BCUT2D eigenvalue weighted by molar-refractivity contribution is 5.79. The molecule has 0 heterocycles. The zero-order valence-electron chi connectivity index (χ0n) is 13.2. The lowest BCUT2D eigenvalue weighted by atomic mass is 10.1. The molecule has 4 heteroatoms. The van der Waals surface area contributed by atoms with Gasteiger partial charge < -0.3 is 16.0 Å². The summed E-state index contributed by atoms with van der Waals surface area (Å²) < 4.78 is 0. The first-order valence-corrected chi connectivity index (χ1v) is 7.19. The molecule has 0 spiro atoms. The Kier molecular flexibility index (Phi) is 6.02. The molecular formula is C16H27N3O. The van der Waals surface area contributed by atoms with Gasteiger partial charge in [-0.1, -0.05) is 19.9 Å². The van der Waals surface area contributed by atoms with Gasteiger partial charge in [-0.15, -0.1) is 0 Å². The van der Waals surface area contributed by atoms with Crippen molar-refractivity contribution >= 4 is 11.6 Å². The van der Waals surface area contributed by atoms with E-state index in [1.165, 1.54) is 11.1 Å². The predicted octanol–water partition coefficient (Wildman–Crippen LogP) is 2.19. The van der Waals surface area contributed by atoms with Gasteiger partial charge in [0.05, 0.1) is 6.54 Å². The van der Waals surface area contributed by atoms with Gasteiger partial charge >= 0.3 is 0 Å². The Morgan fingerprint density at radius 3 is 2.40 bits per heavy atom. The van der Waals surface area contributed by atoms with Crippen LogP contribution in [0.2, 0.25) is 0 Å². The monoisotopic (exact) mass is 277 g/mol. The van der Waals surface area contributed by atoms with E-state index in [1.54, 1.807) is 0 Å². The van der Waals surface area contributed by atoms with Crippen LogP contribution >= 0.6 is 0 Å². The van der Waals surface area contributed by atoms with E-state index in [1.807, 2.05) is 4.90 Å². The first kappa shape index (κ1) is 16.5. The van der Waals surface area contributed by atoms with Crippen molar-refractivity contribution in [1.82, 2.24) is 5.32 Å². The maximum atomic E-state index is 11.2. The number of nitrogens with zero attached hydrogens (tertiary/aromatic N) is 1. The lowest BCUT2D eigenvalue weighted by Crippen LogP contribution is -2.38. The van der Waals surface area contributed by atoms with Crippen LogP contribution in [0.25, 0.3) is 0 Å². The molecule has 4 nitrogen and oxygen atoms in total. The van der Waals surface area contributed by atoms with E-state index in [9.17, 15) is 4.79 Å². The SMILES string of the molecule is Cc1cc(N(CC(N)=O)C(C)C)ccc1CNC(C)C. The molecule has 0 atom stereocenters. The van der Waals surface area contributed by atoms with Gasteiger partial charge in [0.15, 0.2) is 0 Å². The number of hydrogen-bond donors (Lipinski definition) is 2. The number of aryl methyl sites for hydroxylation is 1. The van der Waals surface area contributed by atoms with Gasteiger partial charge in [-0.3, -0.25) is 4.79 Å². The Hall–Kier alpha value is -1.55. The number of primary amides is 1. The Labute approximate surface area is 122 Å². The molecule has 0 aliphatic carbocycles. The van der Waals surface area contributed by atoms with Crippen LogP contribution in [-0.4, -0.2) is 24.5 Å². The molecule has 0 saturated carbocycles. The summed E-state index contributed by atoms with van der Waals surface area (Å²) in [4.78, 5) is 13.2. The molecule has 1 amide bonds. The van der Waals surface area contributed by atoms with Crippen molar-refractivity contribution in [2.24, 2.45) is 5.73 Å². The Balaban J connectivity index is 2.91. The number of benzene rings is 1. The lowest BCUT2D eigenvalue weighted by molar-refractivity contribution is -0.116. The van der Waals surface area contributed by atoms with E-state index in [-0.39, 0.29) is 18.5 Å². The fourth-order valence-electron chi connectivity index (χ4n) is 2.11.